The number of carbonyl (C=O) groups excluding carboxylic acids is 2. The van der Waals surface area contributed by atoms with E-state index in [0.717, 1.165) is 99.0 Å². The van der Waals surface area contributed by atoms with Crippen LogP contribution in [0.3, 0.4) is 0 Å². The summed E-state index contributed by atoms with van der Waals surface area (Å²) in [4.78, 5) is 35.7. The zero-order chi connectivity index (χ0) is 36.9. The fourth-order valence-corrected chi connectivity index (χ4v) is 6.62. The Morgan fingerprint density at radius 2 is 1.50 bits per heavy atom. The van der Waals surface area contributed by atoms with E-state index in [0.29, 0.717) is 39.5 Å². The van der Waals surface area contributed by atoms with Gasteiger partial charge in [0.1, 0.15) is 5.69 Å². The summed E-state index contributed by atoms with van der Waals surface area (Å²) in [6.07, 6.45) is 2.16. The largest absolute Gasteiger partial charge is 0.379 e. The zero-order valence-corrected chi connectivity index (χ0v) is 32.1. The van der Waals surface area contributed by atoms with Crippen molar-refractivity contribution in [2.75, 3.05) is 97.8 Å². The molecule has 1 saturated heterocycles. The first-order chi connectivity index (χ1) is 25.1. The van der Waals surface area contributed by atoms with Crippen LogP contribution in [0.2, 0.25) is 0 Å². The van der Waals surface area contributed by atoms with Gasteiger partial charge in [0.2, 0.25) is 11.8 Å². The Balaban J connectivity index is 1.16. The minimum atomic E-state index is -0.171. The molecule has 0 atom stereocenters. The third kappa shape index (κ3) is 11.7. The van der Waals surface area contributed by atoms with Crippen LogP contribution in [0.1, 0.15) is 52.0 Å². The van der Waals surface area contributed by atoms with E-state index in [1.807, 2.05) is 41.1 Å². The number of aryl methyl sites for hydroxylation is 1. The Hall–Kier alpha value is -3.68. The van der Waals surface area contributed by atoms with Gasteiger partial charge >= 0.3 is 0 Å². The molecule has 0 saturated carbocycles. The maximum Gasteiger partial charge on any atom is 0.227 e. The average Bonchev–Trinajstić information content (AvgIpc) is 3.53. The van der Waals surface area contributed by atoms with Crippen LogP contribution < -0.4 is 10.2 Å². The van der Waals surface area contributed by atoms with Crippen LogP contribution in [-0.4, -0.2) is 134 Å². The highest BCUT2D eigenvalue weighted by Gasteiger charge is 2.29. The number of piperazine rings is 1. The van der Waals surface area contributed by atoms with Gasteiger partial charge in [-0.3, -0.25) is 14.5 Å². The van der Waals surface area contributed by atoms with E-state index in [1.54, 1.807) is 4.90 Å². The number of carbonyl (C=O) groups is 2. The van der Waals surface area contributed by atoms with Gasteiger partial charge < -0.3 is 29.5 Å². The molecule has 2 aliphatic rings. The van der Waals surface area contributed by atoms with E-state index in [-0.39, 0.29) is 30.1 Å². The van der Waals surface area contributed by atoms with Crippen LogP contribution in [0, 0.1) is 5.41 Å². The van der Waals surface area contributed by atoms with Gasteiger partial charge in [-0.15, -0.1) is 5.10 Å². The number of nitrogens with zero attached hydrogens (tertiary/aromatic N) is 7. The van der Waals surface area contributed by atoms with Crippen LogP contribution in [0.5, 0.6) is 0 Å². The van der Waals surface area contributed by atoms with Gasteiger partial charge in [0.25, 0.3) is 0 Å². The summed E-state index contributed by atoms with van der Waals surface area (Å²) >= 11 is 0. The number of fused-ring (bicyclic) bond motifs is 5. The second-order valence-corrected chi connectivity index (χ2v) is 15.4. The monoisotopic (exact) mass is 716 g/mol. The molecular formula is C40H60N8O4. The van der Waals surface area contributed by atoms with Gasteiger partial charge in [0.05, 0.1) is 37.7 Å². The molecule has 12 heteroatoms. The zero-order valence-electron chi connectivity index (χ0n) is 32.1. The van der Waals surface area contributed by atoms with Gasteiger partial charge in [-0.05, 0) is 44.0 Å². The lowest BCUT2D eigenvalue weighted by molar-refractivity contribution is -0.125. The molecule has 5 rings (SSSR count). The molecule has 1 fully saturated rings. The van der Waals surface area contributed by atoms with Crippen molar-refractivity contribution in [3.05, 3.63) is 54.1 Å². The normalized spacial score (nSPS) is 15.2. The topological polar surface area (TPSA) is 108 Å². The predicted octanol–water partition coefficient (Wildman–Crippen LogP) is 4.39. The van der Waals surface area contributed by atoms with Crippen LogP contribution in [0.4, 0.5) is 5.69 Å². The van der Waals surface area contributed by atoms with E-state index in [9.17, 15) is 9.59 Å². The SMILES string of the molecule is CN(C)CCN1CCN(CCCn2nnc3c2-c2ccccc2CN(C(=O)CCC(=O)NCCOCCOCCC(C)(C)C)c2ccccc2-3)CC1. The molecule has 2 aliphatic heterocycles. The van der Waals surface area contributed by atoms with Crippen molar-refractivity contribution in [2.24, 2.45) is 5.41 Å². The Labute approximate surface area is 310 Å². The van der Waals surface area contributed by atoms with Crippen LogP contribution in [0.15, 0.2) is 48.5 Å². The summed E-state index contributed by atoms with van der Waals surface area (Å²) < 4.78 is 13.3. The third-order valence-electron chi connectivity index (χ3n) is 9.76. The molecular weight excluding hydrogens is 656 g/mol. The quantitative estimate of drug-likeness (QED) is 0.192. The molecule has 2 aromatic carbocycles. The molecule has 3 heterocycles. The molecule has 284 valence electrons. The number of nitrogens with one attached hydrogen (secondary N) is 1. The molecule has 1 aromatic heterocycles. The molecule has 0 spiro atoms. The number of likely N-dealkylation sites (N-methyl/N-ethyl adjacent to an activating group) is 1. The van der Waals surface area contributed by atoms with Crippen molar-refractivity contribution in [3.8, 4) is 22.5 Å². The van der Waals surface area contributed by atoms with E-state index in [2.05, 4.69) is 72.2 Å². The van der Waals surface area contributed by atoms with Crippen molar-refractivity contribution in [1.82, 2.24) is 35.0 Å². The minimum absolute atomic E-state index is 0.0915. The Morgan fingerprint density at radius 1 is 0.827 bits per heavy atom. The maximum atomic E-state index is 13.9. The number of ether oxygens (including phenoxy) is 2. The highest BCUT2D eigenvalue weighted by molar-refractivity contribution is 6.01. The first-order valence-corrected chi connectivity index (χ1v) is 19.0. The molecule has 1 N–H and O–H groups in total. The summed E-state index contributed by atoms with van der Waals surface area (Å²) in [7, 11) is 4.26. The van der Waals surface area contributed by atoms with Crippen molar-refractivity contribution >= 4 is 17.5 Å². The van der Waals surface area contributed by atoms with Gasteiger partial charge in [-0.2, -0.15) is 0 Å². The fourth-order valence-electron chi connectivity index (χ4n) is 6.62. The van der Waals surface area contributed by atoms with Gasteiger partial charge in [0, 0.05) is 89.5 Å². The summed E-state index contributed by atoms with van der Waals surface area (Å²) in [5.74, 6) is -0.283. The number of hydrogen-bond donors (Lipinski definition) is 1. The summed E-state index contributed by atoms with van der Waals surface area (Å²) in [5, 5.41) is 12.3. The first-order valence-electron chi connectivity index (χ1n) is 19.0. The summed E-state index contributed by atoms with van der Waals surface area (Å²) in [5.41, 5.74) is 5.70. The smallest absolute Gasteiger partial charge is 0.227 e. The second kappa shape index (κ2) is 19.4. The molecule has 0 aliphatic carbocycles. The van der Waals surface area contributed by atoms with Gasteiger partial charge in [0.15, 0.2) is 0 Å². The lowest BCUT2D eigenvalue weighted by atomic mass is 9.93. The molecule has 0 bridgehead atoms. The number of amides is 2. The number of benzene rings is 2. The minimum Gasteiger partial charge on any atom is -0.379 e. The highest BCUT2D eigenvalue weighted by atomic mass is 16.5. The van der Waals surface area contributed by atoms with Crippen molar-refractivity contribution in [1.29, 1.82) is 0 Å². The molecule has 3 aromatic rings. The van der Waals surface area contributed by atoms with E-state index >= 15 is 0 Å². The molecule has 12 nitrogen and oxygen atoms in total. The fraction of sp³-hybridized carbons (Fsp3) is 0.600. The molecule has 52 heavy (non-hydrogen) atoms. The Kier molecular flexibility index (Phi) is 14.8. The molecule has 0 radical (unpaired) electrons. The predicted molar refractivity (Wildman–Crippen MR) is 206 cm³/mol. The van der Waals surface area contributed by atoms with E-state index in [4.69, 9.17) is 14.6 Å². The van der Waals surface area contributed by atoms with E-state index < -0.39 is 0 Å². The van der Waals surface area contributed by atoms with Gasteiger partial charge in [-0.1, -0.05) is 68.4 Å². The van der Waals surface area contributed by atoms with E-state index in [1.165, 1.54) is 0 Å². The summed E-state index contributed by atoms with van der Waals surface area (Å²) in [6.45, 7) is 17.9. The van der Waals surface area contributed by atoms with Crippen molar-refractivity contribution in [3.63, 3.8) is 0 Å². The van der Waals surface area contributed by atoms with Crippen molar-refractivity contribution in [2.45, 2.75) is 59.5 Å². The third-order valence-corrected chi connectivity index (χ3v) is 9.76. The second-order valence-electron chi connectivity index (χ2n) is 15.4. The number of rotatable bonds is 18. The van der Waals surface area contributed by atoms with Crippen LogP contribution in [0.25, 0.3) is 22.5 Å². The molecule has 0 unspecified atom stereocenters. The van der Waals surface area contributed by atoms with Crippen molar-refractivity contribution < 1.29 is 19.1 Å². The lowest BCUT2D eigenvalue weighted by Crippen LogP contribution is -2.48. The highest BCUT2D eigenvalue weighted by Crippen LogP contribution is 2.41. The van der Waals surface area contributed by atoms with Crippen LogP contribution >= 0.6 is 0 Å². The number of hydrogen-bond acceptors (Lipinski definition) is 9. The standard InChI is InChI=1S/C40H60N8O4/c1-40(2,3)17-27-51-29-30-52-28-18-41-36(49)15-16-37(50)47-31-32-11-6-7-12-33(32)39-38(34-13-8-9-14-35(34)47)42-43-48(39)20-10-19-45-23-25-46(26-24-45)22-21-44(4)5/h6-9,11-14H,10,15-31H2,1-5H3,(H,41,49). The van der Waals surface area contributed by atoms with Crippen LogP contribution in [-0.2, 0) is 32.2 Å². The molecule has 2 amide bonds. The number of anilines is 1. The summed E-state index contributed by atoms with van der Waals surface area (Å²) in [6, 6.07) is 16.1. The number of aromatic nitrogens is 3. The average molecular weight is 717 g/mol. The Morgan fingerprint density at radius 3 is 2.23 bits per heavy atom. The first kappa shape index (κ1) is 39.5. The number of para-hydroxylation sites is 1. The maximum absolute atomic E-state index is 13.9. The Bertz CT molecular complexity index is 1580. The lowest BCUT2D eigenvalue weighted by Gasteiger charge is -2.35. The van der Waals surface area contributed by atoms with Gasteiger partial charge in [-0.25, -0.2) is 4.68 Å².